The minimum atomic E-state index is -0.275. The first kappa shape index (κ1) is 17.5. The first-order valence-electron chi connectivity index (χ1n) is 8.86. The lowest BCUT2D eigenvalue weighted by atomic mass is 10.1. The summed E-state index contributed by atoms with van der Waals surface area (Å²) in [5.41, 5.74) is 1.96. The average molecular weight is 342 g/mol. The number of nitrogens with one attached hydrogen (secondary N) is 1. The number of fused-ring (bicyclic) bond motifs is 1. The normalized spacial score (nSPS) is 19.0. The number of benzene rings is 1. The summed E-state index contributed by atoms with van der Waals surface area (Å²) in [5.74, 6) is 0.953. The fourth-order valence-corrected chi connectivity index (χ4v) is 3.51. The molecule has 1 aliphatic heterocycles. The van der Waals surface area contributed by atoms with Crippen LogP contribution in [0.1, 0.15) is 39.1 Å². The molecule has 6 heteroatoms. The molecule has 0 radical (unpaired) electrons. The maximum absolute atomic E-state index is 12.6. The SMILES string of the molecule is CC(C)CN1CC(C(=O)NC(C)c2nc3ccccc3n2C)CC1=O. The van der Waals surface area contributed by atoms with Gasteiger partial charge in [-0.2, -0.15) is 0 Å². The molecule has 2 heterocycles. The summed E-state index contributed by atoms with van der Waals surface area (Å²) in [4.78, 5) is 31.1. The van der Waals surface area contributed by atoms with Gasteiger partial charge in [0.15, 0.2) is 0 Å². The van der Waals surface area contributed by atoms with Crippen molar-refractivity contribution in [1.82, 2.24) is 19.8 Å². The van der Waals surface area contributed by atoms with Gasteiger partial charge in [-0.25, -0.2) is 4.98 Å². The first-order valence-corrected chi connectivity index (χ1v) is 8.86. The van der Waals surface area contributed by atoms with Crippen LogP contribution in [0.4, 0.5) is 0 Å². The quantitative estimate of drug-likeness (QED) is 0.906. The molecule has 2 atom stereocenters. The molecule has 6 nitrogen and oxygen atoms in total. The lowest BCUT2D eigenvalue weighted by molar-refractivity contribution is -0.129. The fraction of sp³-hybridized carbons (Fsp3) is 0.526. The highest BCUT2D eigenvalue weighted by molar-refractivity contribution is 5.89. The molecule has 1 N–H and O–H groups in total. The predicted octanol–water partition coefficient (Wildman–Crippen LogP) is 2.25. The molecule has 25 heavy (non-hydrogen) atoms. The smallest absolute Gasteiger partial charge is 0.226 e. The molecular weight excluding hydrogens is 316 g/mol. The molecule has 0 bridgehead atoms. The highest BCUT2D eigenvalue weighted by Crippen LogP contribution is 2.22. The van der Waals surface area contributed by atoms with E-state index in [-0.39, 0.29) is 23.8 Å². The Morgan fingerprint density at radius 3 is 2.72 bits per heavy atom. The summed E-state index contributed by atoms with van der Waals surface area (Å²) in [5, 5.41) is 3.03. The molecule has 1 saturated heterocycles. The number of imidazole rings is 1. The van der Waals surface area contributed by atoms with E-state index >= 15 is 0 Å². The van der Waals surface area contributed by atoms with Crippen LogP contribution in [0.25, 0.3) is 11.0 Å². The Kier molecular flexibility index (Phi) is 4.79. The van der Waals surface area contributed by atoms with E-state index in [1.54, 1.807) is 4.90 Å². The third-order valence-corrected chi connectivity index (χ3v) is 4.74. The topological polar surface area (TPSA) is 67.2 Å². The van der Waals surface area contributed by atoms with Gasteiger partial charge >= 0.3 is 0 Å². The monoisotopic (exact) mass is 342 g/mol. The minimum absolute atomic E-state index is 0.0702. The van der Waals surface area contributed by atoms with Crippen molar-refractivity contribution in [3.63, 3.8) is 0 Å². The van der Waals surface area contributed by atoms with E-state index in [0.29, 0.717) is 25.4 Å². The summed E-state index contributed by atoms with van der Waals surface area (Å²) in [6, 6.07) is 7.70. The number of likely N-dealkylation sites (tertiary alicyclic amines) is 1. The van der Waals surface area contributed by atoms with Crippen molar-refractivity contribution in [2.24, 2.45) is 18.9 Å². The maximum atomic E-state index is 12.6. The number of hydrogen-bond acceptors (Lipinski definition) is 3. The molecule has 2 amide bonds. The molecule has 0 spiro atoms. The standard InChI is InChI=1S/C19H26N4O2/c1-12(2)10-23-11-14(9-17(23)24)19(25)20-13(3)18-21-15-7-5-6-8-16(15)22(18)4/h5-8,12-14H,9-11H2,1-4H3,(H,20,25). The van der Waals surface area contributed by atoms with Crippen molar-refractivity contribution < 1.29 is 9.59 Å². The van der Waals surface area contributed by atoms with Crippen LogP contribution in [-0.4, -0.2) is 39.4 Å². The van der Waals surface area contributed by atoms with Crippen LogP contribution < -0.4 is 5.32 Å². The second-order valence-electron chi connectivity index (χ2n) is 7.34. The number of nitrogens with zero attached hydrogens (tertiary/aromatic N) is 3. The van der Waals surface area contributed by atoms with Crippen LogP contribution in [0, 0.1) is 11.8 Å². The maximum Gasteiger partial charge on any atom is 0.226 e. The number of carbonyl (C=O) groups excluding carboxylic acids is 2. The van der Waals surface area contributed by atoms with E-state index in [1.807, 2.05) is 42.8 Å². The van der Waals surface area contributed by atoms with E-state index in [2.05, 4.69) is 24.1 Å². The van der Waals surface area contributed by atoms with Gasteiger partial charge in [-0.3, -0.25) is 9.59 Å². The molecule has 1 aromatic heterocycles. The molecule has 1 aromatic carbocycles. The van der Waals surface area contributed by atoms with Crippen LogP contribution in [0.15, 0.2) is 24.3 Å². The first-order chi connectivity index (χ1) is 11.9. The molecule has 2 aromatic rings. The Balaban J connectivity index is 1.68. The second kappa shape index (κ2) is 6.86. The number of hydrogen-bond donors (Lipinski definition) is 1. The molecule has 1 aliphatic rings. The Hall–Kier alpha value is -2.37. The van der Waals surface area contributed by atoms with Gasteiger partial charge in [0.1, 0.15) is 5.82 Å². The molecule has 134 valence electrons. The summed E-state index contributed by atoms with van der Waals surface area (Å²) < 4.78 is 2.01. The van der Waals surface area contributed by atoms with Gasteiger partial charge in [0.05, 0.1) is 23.0 Å². The molecule has 2 unspecified atom stereocenters. The Morgan fingerprint density at radius 2 is 2.04 bits per heavy atom. The van der Waals surface area contributed by atoms with Gasteiger partial charge in [0.2, 0.25) is 11.8 Å². The van der Waals surface area contributed by atoms with E-state index in [9.17, 15) is 9.59 Å². The van der Waals surface area contributed by atoms with Crippen LogP contribution in [0.2, 0.25) is 0 Å². The highest BCUT2D eigenvalue weighted by Gasteiger charge is 2.35. The number of rotatable bonds is 5. The molecular formula is C19H26N4O2. The van der Waals surface area contributed by atoms with Crippen molar-refractivity contribution in [1.29, 1.82) is 0 Å². The second-order valence-corrected chi connectivity index (χ2v) is 7.34. The third-order valence-electron chi connectivity index (χ3n) is 4.74. The third kappa shape index (κ3) is 3.52. The van der Waals surface area contributed by atoms with E-state index in [4.69, 9.17) is 0 Å². The largest absolute Gasteiger partial charge is 0.346 e. The van der Waals surface area contributed by atoms with Gasteiger partial charge in [0.25, 0.3) is 0 Å². The highest BCUT2D eigenvalue weighted by atomic mass is 16.2. The van der Waals surface area contributed by atoms with Crippen molar-refractivity contribution in [2.45, 2.75) is 33.2 Å². The van der Waals surface area contributed by atoms with E-state index in [1.165, 1.54) is 0 Å². The Bertz CT molecular complexity index is 796. The van der Waals surface area contributed by atoms with Crippen molar-refractivity contribution in [3.8, 4) is 0 Å². The molecule has 0 aliphatic carbocycles. The molecule has 0 saturated carbocycles. The van der Waals surface area contributed by atoms with Crippen LogP contribution in [0.5, 0.6) is 0 Å². The zero-order valence-corrected chi connectivity index (χ0v) is 15.3. The predicted molar refractivity (Wildman–Crippen MR) is 96.8 cm³/mol. The van der Waals surface area contributed by atoms with Gasteiger partial charge < -0.3 is 14.8 Å². The van der Waals surface area contributed by atoms with Gasteiger partial charge in [-0.05, 0) is 25.0 Å². The van der Waals surface area contributed by atoms with Crippen LogP contribution in [0.3, 0.4) is 0 Å². The number of aryl methyl sites for hydroxylation is 1. The summed E-state index contributed by atoms with van der Waals surface area (Å²) in [7, 11) is 1.96. The lowest BCUT2D eigenvalue weighted by Gasteiger charge is -2.19. The van der Waals surface area contributed by atoms with Crippen molar-refractivity contribution in [3.05, 3.63) is 30.1 Å². The van der Waals surface area contributed by atoms with Crippen molar-refractivity contribution in [2.75, 3.05) is 13.1 Å². The van der Waals surface area contributed by atoms with Crippen LogP contribution >= 0.6 is 0 Å². The number of carbonyl (C=O) groups is 2. The van der Waals surface area contributed by atoms with Crippen molar-refractivity contribution >= 4 is 22.8 Å². The molecule has 3 rings (SSSR count). The number of para-hydroxylation sites is 2. The van der Waals surface area contributed by atoms with Crippen LogP contribution in [-0.2, 0) is 16.6 Å². The molecule has 1 fully saturated rings. The Labute approximate surface area is 148 Å². The van der Waals surface area contributed by atoms with Gasteiger partial charge in [-0.15, -0.1) is 0 Å². The number of aromatic nitrogens is 2. The summed E-state index contributed by atoms with van der Waals surface area (Å²) in [6.45, 7) is 7.31. The minimum Gasteiger partial charge on any atom is -0.346 e. The van der Waals surface area contributed by atoms with Gasteiger partial charge in [0, 0.05) is 26.6 Å². The van der Waals surface area contributed by atoms with E-state index < -0.39 is 0 Å². The average Bonchev–Trinajstić information content (AvgIpc) is 3.08. The zero-order chi connectivity index (χ0) is 18.1. The van der Waals surface area contributed by atoms with Gasteiger partial charge in [-0.1, -0.05) is 26.0 Å². The van der Waals surface area contributed by atoms with E-state index in [0.717, 1.165) is 16.9 Å². The lowest BCUT2D eigenvalue weighted by Crippen LogP contribution is -2.36. The summed E-state index contributed by atoms with van der Waals surface area (Å²) >= 11 is 0. The Morgan fingerprint density at radius 1 is 1.32 bits per heavy atom. The summed E-state index contributed by atoms with van der Waals surface area (Å²) in [6.07, 6.45) is 0.299. The fourth-order valence-electron chi connectivity index (χ4n) is 3.51. The zero-order valence-electron chi connectivity index (χ0n) is 15.3. The number of amides is 2.